The van der Waals surface area contributed by atoms with Crippen molar-refractivity contribution in [3.8, 4) is 0 Å². The number of imidazole rings is 1. The van der Waals surface area contributed by atoms with Gasteiger partial charge in [0.15, 0.2) is 0 Å². The maximum Gasteiger partial charge on any atom is 0.208 e. The highest BCUT2D eigenvalue weighted by atomic mass is 79.9. The number of anilines is 1. The molecule has 0 saturated heterocycles. The Morgan fingerprint density at radius 3 is 2.94 bits per heavy atom. The highest BCUT2D eigenvalue weighted by molar-refractivity contribution is 9.11. The minimum atomic E-state index is 0.830. The average Bonchev–Trinajstić information content (AvgIpc) is 2.73. The summed E-state index contributed by atoms with van der Waals surface area (Å²) in [4.78, 5) is 9.91. The lowest BCUT2D eigenvalue weighted by Gasteiger charge is -2.17. The van der Waals surface area contributed by atoms with E-state index in [4.69, 9.17) is 0 Å². The van der Waals surface area contributed by atoms with Gasteiger partial charge < -0.3 is 9.88 Å². The van der Waals surface area contributed by atoms with Crippen LogP contribution >= 0.6 is 15.9 Å². The maximum absolute atomic E-state index is 4.54. The molecule has 0 amide bonds. The van der Waals surface area contributed by atoms with Crippen molar-refractivity contribution in [1.82, 2.24) is 9.97 Å². The van der Waals surface area contributed by atoms with E-state index in [1.165, 1.54) is 0 Å². The van der Waals surface area contributed by atoms with Gasteiger partial charge >= 0.3 is 0 Å². The van der Waals surface area contributed by atoms with Crippen molar-refractivity contribution in [2.75, 3.05) is 11.4 Å². The van der Waals surface area contributed by atoms with Crippen molar-refractivity contribution >= 4 is 32.9 Å². The second-order valence-corrected chi connectivity index (χ2v) is 4.55. The molecule has 3 rings (SSSR count). The molecule has 3 nitrogen and oxygen atoms in total. The fourth-order valence-corrected chi connectivity index (χ4v) is 1.97. The molecule has 0 bridgehead atoms. The Morgan fingerprint density at radius 2 is 2.19 bits per heavy atom. The first kappa shape index (κ1) is 9.66. The van der Waals surface area contributed by atoms with E-state index in [1.54, 1.807) is 0 Å². The molecule has 4 heteroatoms. The molecule has 0 spiro atoms. The number of hydrogen-bond acceptors (Lipinski definition) is 2. The minimum absolute atomic E-state index is 0.830. The fourth-order valence-electron chi connectivity index (χ4n) is 1.71. The lowest BCUT2D eigenvalue weighted by Crippen LogP contribution is -2.19. The molecule has 0 fully saturated rings. The number of rotatable bonds is 1. The van der Waals surface area contributed by atoms with Crippen LogP contribution in [-0.4, -0.2) is 16.5 Å². The Balaban J connectivity index is 1.98. The number of allylic oxidation sites excluding steroid dienone is 2. The summed E-state index contributed by atoms with van der Waals surface area (Å²) in [7, 11) is 0. The van der Waals surface area contributed by atoms with Crippen LogP contribution in [0.5, 0.6) is 0 Å². The second-order valence-electron chi connectivity index (χ2n) is 3.63. The van der Waals surface area contributed by atoms with Crippen LogP contribution in [0.3, 0.4) is 0 Å². The zero-order valence-corrected chi connectivity index (χ0v) is 10.1. The van der Waals surface area contributed by atoms with Crippen molar-refractivity contribution in [3.05, 3.63) is 47.1 Å². The summed E-state index contributed by atoms with van der Waals surface area (Å²) in [6, 6.07) is 8.04. The molecule has 1 N–H and O–H groups in total. The van der Waals surface area contributed by atoms with E-state index in [1.807, 2.05) is 36.5 Å². The molecule has 1 aliphatic rings. The largest absolute Gasteiger partial charge is 0.324 e. The summed E-state index contributed by atoms with van der Waals surface area (Å²) in [5.74, 6) is 0.883. The van der Waals surface area contributed by atoms with Crippen LogP contribution in [0.15, 0.2) is 47.1 Å². The van der Waals surface area contributed by atoms with Gasteiger partial charge in [0.1, 0.15) is 0 Å². The van der Waals surface area contributed by atoms with Crippen molar-refractivity contribution in [1.29, 1.82) is 0 Å². The summed E-state index contributed by atoms with van der Waals surface area (Å²) in [5, 5.41) is 0. The number of fused-ring (bicyclic) bond motifs is 1. The number of aromatic nitrogens is 2. The van der Waals surface area contributed by atoms with Gasteiger partial charge in [0.2, 0.25) is 5.95 Å². The standard InChI is InChI=1S/C12H10BrN3/c13-9-5-7-16(8-6-9)12-14-10-3-1-2-4-11(10)15-12/h1-7H,8H2,(H,14,15). The maximum atomic E-state index is 4.54. The van der Waals surface area contributed by atoms with Crippen molar-refractivity contribution in [2.24, 2.45) is 0 Å². The van der Waals surface area contributed by atoms with Crippen LogP contribution in [0.1, 0.15) is 0 Å². The number of H-pyrrole nitrogens is 1. The van der Waals surface area contributed by atoms with Crippen LogP contribution in [0.2, 0.25) is 0 Å². The van der Waals surface area contributed by atoms with Crippen molar-refractivity contribution in [2.45, 2.75) is 0 Å². The molecule has 0 unspecified atom stereocenters. The van der Waals surface area contributed by atoms with Gasteiger partial charge in [-0.1, -0.05) is 34.1 Å². The zero-order chi connectivity index (χ0) is 11.0. The summed E-state index contributed by atoms with van der Waals surface area (Å²) in [5.41, 5.74) is 2.07. The van der Waals surface area contributed by atoms with E-state index < -0.39 is 0 Å². The minimum Gasteiger partial charge on any atom is -0.324 e. The third kappa shape index (κ3) is 1.65. The Kier molecular flexibility index (Phi) is 2.29. The summed E-state index contributed by atoms with van der Waals surface area (Å²) in [6.45, 7) is 0.830. The van der Waals surface area contributed by atoms with E-state index in [9.17, 15) is 0 Å². The molecule has 80 valence electrons. The monoisotopic (exact) mass is 275 g/mol. The van der Waals surface area contributed by atoms with Crippen LogP contribution in [-0.2, 0) is 0 Å². The topological polar surface area (TPSA) is 31.9 Å². The SMILES string of the molecule is BrC1=CCN(c2nc3ccccc3[nH]2)C=C1. The third-order valence-corrected chi connectivity index (χ3v) is 3.13. The van der Waals surface area contributed by atoms with E-state index in [-0.39, 0.29) is 0 Å². The summed E-state index contributed by atoms with van der Waals surface area (Å²) < 4.78 is 1.11. The lowest BCUT2D eigenvalue weighted by molar-refractivity contribution is 1.01. The molecule has 0 atom stereocenters. The Bertz CT molecular complexity index is 550. The van der Waals surface area contributed by atoms with Crippen LogP contribution < -0.4 is 4.90 Å². The molecule has 2 aromatic rings. The second kappa shape index (κ2) is 3.79. The van der Waals surface area contributed by atoms with Gasteiger partial charge in [-0.2, -0.15) is 0 Å². The molecular weight excluding hydrogens is 266 g/mol. The molecular formula is C12H10BrN3. The van der Waals surface area contributed by atoms with Gasteiger partial charge in [0, 0.05) is 17.2 Å². The molecule has 1 aromatic heterocycles. The van der Waals surface area contributed by atoms with E-state index in [0.717, 1.165) is 28.0 Å². The van der Waals surface area contributed by atoms with Gasteiger partial charge in [0.05, 0.1) is 11.0 Å². The molecule has 16 heavy (non-hydrogen) atoms. The molecule has 0 radical (unpaired) electrons. The number of nitrogens with zero attached hydrogens (tertiary/aromatic N) is 2. The first-order valence-corrected chi connectivity index (χ1v) is 5.87. The predicted octanol–water partition coefficient (Wildman–Crippen LogP) is 3.18. The first-order valence-electron chi connectivity index (χ1n) is 5.08. The fraction of sp³-hybridized carbons (Fsp3) is 0.0833. The normalized spacial score (nSPS) is 15.6. The lowest BCUT2D eigenvalue weighted by atomic mass is 10.3. The van der Waals surface area contributed by atoms with Gasteiger partial charge in [0.25, 0.3) is 0 Å². The molecule has 2 heterocycles. The van der Waals surface area contributed by atoms with Crippen LogP contribution in [0, 0.1) is 0 Å². The third-order valence-electron chi connectivity index (χ3n) is 2.55. The molecule has 1 aromatic carbocycles. The number of nitrogens with one attached hydrogen (secondary N) is 1. The Morgan fingerprint density at radius 1 is 1.31 bits per heavy atom. The number of hydrogen-bond donors (Lipinski definition) is 1. The van der Waals surface area contributed by atoms with E-state index in [2.05, 4.69) is 36.9 Å². The van der Waals surface area contributed by atoms with Crippen LogP contribution in [0.25, 0.3) is 11.0 Å². The number of para-hydroxylation sites is 2. The highest BCUT2D eigenvalue weighted by Gasteiger charge is 2.09. The van der Waals surface area contributed by atoms with E-state index in [0.29, 0.717) is 0 Å². The molecule has 0 saturated carbocycles. The summed E-state index contributed by atoms with van der Waals surface area (Å²) >= 11 is 3.44. The molecule has 0 aliphatic carbocycles. The van der Waals surface area contributed by atoms with E-state index >= 15 is 0 Å². The van der Waals surface area contributed by atoms with Gasteiger partial charge in [-0.05, 0) is 18.2 Å². The Hall–Kier alpha value is -1.55. The average molecular weight is 276 g/mol. The van der Waals surface area contributed by atoms with Crippen molar-refractivity contribution in [3.63, 3.8) is 0 Å². The number of halogens is 1. The Labute approximate surface area is 102 Å². The van der Waals surface area contributed by atoms with Gasteiger partial charge in [-0.3, -0.25) is 0 Å². The smallest absolute Gasteiger partial charge is 0.208 e. The van der Waals surface area contributed by atoms with Gasteiger partial charge in [-0.15, -0.1) is 0 Å². The quantitative estimate of drug-likeness (QED) is 0.867. The summed E-state index contributed by atoms with van der Waals surface area (Å²) in [6.07, 6.45) is 6.13. The zero-order valence-electron chi connectivity index (χ0n) is 8.52. The molecule has 1 aliphatic heterocycles. The number of aromatic amines is 1. The number of benzene rings is 1. The van der Waals surface area contributed by atoms with Gasteiger partial charge in [-0.25, -0.2) is 4.98 Å². The highest BCUT2D eigenvalue weighted by Crippen LogP contribution is 2.20. The van der Waals surface area contributed by atoms with Crippen LogP contribution in [0.4, 0.5) is 5.95 Å². The first-order chi connectivity index (χ1) is 7.83. The van der Waals surface area contributed by atoms with Crippen molar-refractivity contribution < 1.29 is 0 Å². The predicted molar refractivity (Wildman–Crippen MR) is 69.6 cm³/mol.